The minimum Gasteiger partial charge on any atom is -0.365 e. The van der Waals surface area contributed by atoms with E-state index in [1.54, 1.807) is 0 Å². The van der Waals surface area contributed by atoms with Crippen LogP contribution in [0.3, 0.4) is 0 Å². The Morgan fingerprint density at radius 2 is 1.73 bits per heavy atom. The summed E-state index contributed by atoms with van der Waals surface area (Å²) >= 11 is 6.75. The molecule has 0 aliphatic carbocycles. The van der Waals surface area contributed by atoms with E-state index in [9.17, 15) is 0 Å². The second-order valence-electron chi connectivity index (χ2n) is 3.40. The minimum absolute atomic E-state index is 0.455. The maximum absolute atomic E-state index is 4.44. The average Bonchev–Trinajstić information content (AvgIpc) is 2.21. The Hall–Kier alpha value is -0.160. The Morgan fingerprint density at radius 1 is 1.13 bits per heavy atom. The highest BCUT2D eigenvalue weighted by Crippen LogP contribution is 2.23. The summed E-state index contributed by atoms with van der Waals surface area (Å²) in [5.41, 5.74) is 0.895. The highest BCUT2D eigenvalue weighted by atomic mass is 79.9. The van der Waals surface area contributed by atoms with Crippen LogP contribution in [0.15, 0.2) is 9.21 Å². The maximum Gasteiger partial charge on any atom is 0.159 e. The van der Waals surface area contributed by atoms with Crippen LogP contribution in [0.4, 0.5) is 5.82 Å². The molecule has 84 valence electrons. The lowest BCUT2D eigenvalue weighted by molar-refractivity contribution is 0.666. The lowest BCUT2D eigenvalue weighted by Gasteiger charge is -2.16. The number of nitrogens with one attached hydrogen (secondary N) is 1. The molecule has 0 aromatic carbocycles. The minimum atomic E-state index is 0.455. The number of halogens is 2. The van der Waals surface area contributed by atoms with Crippen molar-refractivity contribution in [3.63, 3.8) is 0 Å². The summed E-state index contributed by atoms with van der Waals surface area (Å²) in [7, 11) is 0. The van der Waals surface area contributed by atoms with Gasteiger partial charge in [-0.15, -0.1) is 0 Å². The van der Waals surface area contributed by atoms with Gasteiger partial charge < -0.3 is 5.32 Å². The smallest absolute Gasteiger partial charge is 0.159 e. The molecule has 0 unspecified atom stereocenters. The fraction of sp³-hybridized carbons (Fsp3) is 0.600. The molecule has 1 N–H and O–H groups in total. The van der Waals surface area contributed by atoms with Crippen LogP contribution >= 0.6 is 31.9 Å². The highest BCUT2D eigenvalue weighted by molar-refractivity contribution is 9.11. The zero-order chi connectivity index (χ0) is 11.4. The van der Waals surface area contributed by atoms with Gasteiger partial charge in [0.2, 0.25) is 0 Å². The molecule has 3 nitrogen and oxygen atoms in total. The van der Waals surface area contributed by atoms with Crippen LogP contribution in [0.25, 0.3) is 0 Å². The lowest BCUT2D eigenvalue weighted by atomic mass is 10.2. The monoisotopic (exact) mass is 335 g/mol. The Kier molecular flexibility index (Phi) is 4.99. The number of rotatable bonds is 4. The number of hydrogen-bond acceptors (Lipinski definition) is 3. The van der Waals surface area contributed by atoms with Gasteiger partial charge in [-0.1, -0.05) is 13.8 Å². The quantitative estimate of drug-likeness (QED) is 0.905. The SMILES string of the molecule is CCC(CC)Nc1nc(C)c(Br)nc1Br. The molecule has 1 rings (SSSR count). The molecular formula is C10H15Br2N3. The second kappa shape index (κ2) is 5.80. The highest BCUT2D eigenvalue weighted by Gasteiger charge is 2.10. The molecule has 0 aliphatic heterocycles. The van der Waals surface area contributed by atoms with E-state index in [1.165, 1.54) is 0 Å². The van der Waals surface area contributed by atoms with E-state index in [4.69, 9.17) is 0 Å². The maximum atomic E-state index is 4.44. The van der Waals surface area contributed by atoms with Crippen molar-refractivity contribution in [1.29, 1.82) is 0 Å². The predicted molar refractivity (Wildman–Crippen MR) is 70.2 cm³/mol. The van der Waals surface area contributed by atoms with Crippen LogP contribution in [-0.4, -0.2) is 16.0 Å². The van der Waals surface area contributed by atoms with Crippen molar-refractivity contribution >= 4 is 37.7 Å². The molecule has 0 saturated carbocycles. The average molecular weight is 337 g/mol. The Labute approximate surface area is 107 Å². The van der Waals surface area contributed by atoms with Gasteiger partial charge in [0.15, 0.2) is 5.82 Å². The van der Waals surface area contributed by atoms with Crippen LogP contribution in [0.2, 0.25) is 0 Å². The summed E-state index contributed by atoms with van der Waals surface area (Å²) in [5, 5.41) is 3.37. The molecule has 15 heavy (non-hydrogen) atoms. The third kappa shape index (κ3) is 3.41. The number of aryl methyl sites for hydroxylation is 1. The van der Waals surface area contributed by atoms with Crippen LogP contribution in [0, 0.1) is 6.92 Å². The van der Waals surface area contributed by atoms with Crippen molar-refractivity contribution in [3.8, 4) is 0 Å². The van der Waals surface area contributed by atoms with E-state index < -0.39 is 0 Å². The molecule has 0 saturated heterocycles. The van der Waals surface area contributed by atoms with Gasteiger partial charge in [-0.2, -0.15) is 0 Å². The standard InChI is InChI=1S/C10H15Br2N3/c1-4-7(5-2)14-10-9(12)15-8(11)6(3)13-10/h7H,4-5H2,1-3H3,(H,13,14). The molecule has 1 aromatic rings. The third-order valence-corrected chi connectivity index (χ3v) is 3.60. The third-order valence-electron chi connectivity index (χ3n) is 2.30. The number of hydrogen-bond donors (Lipinski definition) is 1. The Morgan fingerprint density at radius 3 is 2.27 bits per heavy atom. The Balaban J connectivity index is 2.89. The topological polar surface area (TPSA) is 37.8 Å². The molecular weight excluding hydrogens is 322 g/mol. The normalized spacial score (nSPS) is 10.8. The molecule has 0 radical (unpaired) electrons. The van der Waals surface area contributed by atoms with Crippen molar-refractivity contribution in [1.82, 2.24) is 9.97 Å². The molecule has 0 spiro atoms. The first-order valence-electron chi connectivity index (χ1n) is 5.04. The summed E-state index contributed by atoms with van der Waals surface area (Å²) in [6.07, 6.45) is 2.17. The van der Waals surface area contributed by atoms with Crippen molar-refractivity contribution in [2.45, 2.75) is 39.7 Å². The van der Waals surface area contributed by atoms with Crippen LogP contribution in [0.1, 0.15) is 32.4 Å². The van der Waals surface area contributed by atoms with Crippen LogP contribution < -0.4 is 5.32 Å². The first-order chi connectivity index (χ1) is 7.08. The molecule has 1 aromatic heterocycles. The Bertz CT molecular complexity index is 338. The number of anilines is 1. The first-order valence-corrected chi connectivity index (χ1v) is 6.63. The molecule has 5 heteroatoms. The summed E-state index contributed by atoms with van der Waals surface area (Å²) in [6, 6.07) is 0.455. The lowest BCUT2D eigenvalue weighted by Crippen LogP contribution is -2.18. The zero-order valence-corrected chi connectivity index (χ0v) is 12.3. The van der Waals surface area contributed by atoms with Gasteiger partial charge in [0.05, 0.1) is 5.69 Å². The van der Waals surface area contributed by atoms with E-state index in [1.807, 2.05) is 6.92 Å². The van der Waals surface area contributed by atoms with Gasteiger partial charge in [0, 0.05) is 6.04 Å². The van der Waals surface area contributed by atoms with Gasteiger partial charge >= 0.3 is 0 Å². The number of aromatic nitrogens is 2. The van der Waals surface area contributed by atoms with E-state index in [0.29, 0.717) is 6.04 Å². The largest absolute Gasteiger partial charge is 0.365 e. The van der Waals surface area contributed by atoms with E-state index >= 15 is 0 Å². The van der Waals surface area contributed by atoms with Gasteiger partial charge in [-0.05, 0) is 51.6 Å². The molecule has 1 heterocycles. The molecule has 0 aliphatic rings. The van der Waals surface area contributed by atoms with Gasteiger partial charge in [0.1, 0.15) is 9.21 Å². The summed E-state index contributed by atoms with van der Waals surface area (Å²) in [5.74, 6) is 0.824. The van der Waals surface area contributed by atoms with Gasteiger partial charge in [-0.3, -0.25) is 0 Å². The molecule has 0 amide bonds. The zero-order valence-electron chi connectivity index (χ0n) is 9.14. The molecule has 0 atom stereocenters. The molecule has 0 fully saturated rings. The van der Waals surface area contributed by atoms with Crippen molar-refractivity contribution in [2.24, 2.45) is 0 Å². The first kappa shape index (κ1) is 12.9. The predicted octanol–water partition coefficient (Wildman–Crippen LogP) is 3.91. The van der Waals surface area contributed by atoms with Crippen molar-refractivity contribution in [2.75, 3.05) is 5.32 Å². The van der Waals surface area contributed by atoms with Gasteiger partial charge in [0.25, 0.3) is 0 Å². The van der Waals surface area contributed by atoms with E-state index in [2.05, 4.69) is 61.0 Å². The fourth-order valence-electron chi connectivity index (χ4n) is 1.26. The van der Waals surface area contributed by atoms with E-state index in [-0.39, 0.29) is 0 Å². The van der Waals surface area contributed by atoms with Crippen LogP contribution in [-0.2, 0) is 0 Å². The van der Waals surface area contributed by atoms with E-state index in [0.717, 1.165) is 33.6 Å². The fourth-order valence-corrected chi connectivity index (χ4v) is 2.14. The van der Waals surface area contributed by atoms with Gasteiger partial charge in [-0.25, -0.2) is 9.97 Å². The number of nitrogens with zero attached hydrogens (tertiary/aromatic N) is 2. The summed E-state index contributed by atoms with van der Waals surface area (Å²) < 4.78 is 1.54. The van der Waals surface area contributed by atoms with Crippen molar-refractivity contribution < 1.29 is 0 Å². The molecule has 0 bridgehead atoms. The van der Waals surface area contributed by atoms with Crippen LogP contribution in [0.5, 0.6) is 0 Å². The summed E-state index contributed by atoms with van der Waals surface area (Å²) in [6.45, 7) is 6.25. The second-order valence-corrected chi connectivity index (χ2v) is 4.90. The van der Waals surface area contributed by atoms with Crippen molar-refractivity contribution in [3.05, 3.63) is 14.9 Å². The summed E-state index contributed by atoms with van der Waals surface area (Å²) in [4.78, 5) is 8.74.